The Morgan fingerprint density at radius 3 is 2.58 bits per heavy atom. The van der Waals surface area contributed by atoms with E-state index in [1.807, 2.05) is 24.3 Å². The number of aliphatic imine (C=N–C) groups is 2. The molecule has 0 aromatic heterocycles. The van der Waals surface area contributed by atoms with Crippen LogP contribution in [0.4, 0.5) is 11.4 Å². The zero-order valence-corrected chi connectivity index (χ0v) is 21.3. The number of hydrogen-bond donors (Lipinski definition) is 2. The molecule has 1 atom stereocenters. The Kier molecular flexibility index (Phi) is 8.52. The molecule has 1 aliphatic heterocycles. The largest absolute Gasteiger partial charge is 0.508 e. The Bertz CT molecular complexity index is 1280. The first-order valence-corrected chi connectivity index (χ1v) is 12.9. The molecule has 0 radical (unpaired) electrons. The third kappa shape index (κ3) is 6.40. The third-order valence-corrected chi connectivity index (χ3v) is 6.90. The summed E-state index contributed by atoms with van der Waals surface area (Å²) in [5, 5.41) is 19.1. The molecule has 0 saturated carbocycles. The smallest absolute Gasteiger partial charge is 0.190 e. The number of rotatable bonds is 8. The highest BCUT2D eigenvalue weighted by atomic mass is 32.2. The number of nitrogens with zero attached hydrogens (tertiary/aromatic N) is 5. The average molecular weight is 499 g/mol. The van der Waals surface area contributed by atoms with Crippen LogP contribution in [0.5, 0.6) is 5.75 Å². The summed E-state index contributed by atoms with van der Waals surface area (Å²) >= 11 is 1.73. The second-order valence-electron chi connectivity index (χ2n) is 8.39. The van der Waals surface area contributed by atoms with Crippen LogP contribution in [0.1, 0.15) is 42.9 Å². The molecule has 1 unspecified atom stereocenters. The van der Waals surface area contributed by atoms with E-state index in [0.29, 0.717) is 17.4 Å². The maximum Gasteiger partial charge on any atom is 0.190 e. The lowest BCUT2D eigenvalue weighted by Crippen LogP contribution is -2.25. The van der Waals surface area contributed by atoms with Crippen molar-refractivity contribution < 1.29 is 5.11 Å². The van der Waals surface area contributed by atoms with Crippen LogP contribution in [-0.4, -0.2) is 41.0 Å². The summed E-state index contributed by atoms with van der Waals surface area (Å²) in [7, 11) is 0. The Labute approximate surface area is 216 Å². The Morgan fingerprint density at radius 2 is 1.83 bits per heavy atom. The molecule has 8 heteroatoms. The van der Waals surface area contributed by atoms with Crippen LogP contribution >= 0.6 is 11.8 Å². The first-order chi connectivity index (χ1) is 17.5. The molecule has 1 heterocycles. The summed E-state index contributed by atoms with van der Waals surface area (Å²) in [6, 6.07) is 22.7. The van der Waals surface area contributed by atoms with Crippen molar-refractivity contribution in [2.75, 3.05) is 17.2 Å². The summed E-state index contributed by atoms with van der Waals surface area (Å²) in [4.78, 5) is 10.7. The van der Waals surface area contributed by atoms with Gasteiger partial charge in [-0.05, 0) is 53.8 Å². The number of anilines is 1. The average Bonchev–Trinajstić information content (AvgIpc) is 3.38. The molecule has 36 heavy (non-hydrogen) atoms. The second-order valence-corrected chi connectivity index (χ2v) is 9.45. The molecule has 1 saturated heterocycles. The second kappa shape index (κ2) is 12.2. The Balaban J connectivity index is 1.42. The highest BCUT2D eigenvalue weighted by Crippen LogP contribution is 2.33. The Morgan fingerprint density at radius 1 is 1.08 bits per heavy atom. The van der Waals surface area contributed by atoms with Crippen LogP contribution in [0, 0.1) is 0 Å². The van der Waals surface area contributed by atoms with Crippen LogP contribution in [0.2, 0.25) is 0 Å². The summed E-state index contributed by atoms with van der Waals surface area (Å²) < 4.78 is 0. The molecule has 0 aliphatic carbocycles. The van der Waals surface area contributed by atoms with Crippen LogP contribution in [0.3, 0.4) is 0 Å². The fourth-order valence-electron chi connectivity index (χ4n) is 3.73. The molecule has 1 fully saturated rings. The molecule has 0 bridgehead atoms. The number of para-hydroxylation sites is 1. The Hall–Kier alpha value is -3.91. The van der Waals surface area contributed by atoms with Gasteiger partial charge in [0.2, 0.25) is 0 Å². The van der Waals surface area contributed by atoms with E-state index in [0.717, 1.165) is 35.0 Å². The lowest BCUT2D eigenvalue weighted by molar-refractivity contribution is 0.475. The van der Waals surface area contributed by atoms with Crippen molar-refractivity contribution in [2.24, 2.45) is 25.9 Å². The lowest BCUT2D eigenvalue weighted by atomic mass is 9.96. The number of aromatic hydroxyl groups is 1. The maximum absolute atomic E-state index is 9.33. The minimum absolute atomic E-state index is 0.193. The molecule has 4 rings (SSSR count). The lowest BCUT2D eigenvalue weighted by Gasteiger charge is -2.23. The SMILES string of the molecule is CCC(C)c1ccccc1N1CCS/C1=N/N=C\c1ccc(C(N)=NC=Nc2ccc(O)cc2)cc1. The number of nitrogens with two attached hydrogens (primary N) is 1. The molecule has 3 N–H and O–H groups in total. The zero-order chi connectivity index (χ0) is 25.3. The monoisotopic (exact) mass is 498 g/mol. The molecule has 0 spiro atoms. The van der Waals surface area contributed by atoms with E-state index < -0.39 is 0 Å². The molecule has 1 aliphatic rings. The van der Waals surface area contributed by atoms with Gasteiger partial charge in [0.25, 0.3) is 0 Å². The van der Waals surface area contributed by atoms with Crippen LogP contribution in [0.15, 0.2) is 93.0 Å². The summed E-state index contributed by atoms with van der Waals surface area (Å²) in [6.07, 6.45) is 4.24. The van der Waals surface area contributed by atoms with Gasteiger partial charge in [-0.25, -0.2) is 9.98 Å². The number of phenolic OH excluding ortho intramolecular Hbond substituents is 1. The van der Waals surface area contributed by atoms with Gasteiger partial charge in [0.05, 0.1) is 11.9 Å². The highest BCUT2D eigenvalue weighted by Gasteiger charge is 2.24. The zero-order valence-electron chi connectivity index (χ0n) is 20.5. The molecule has 3 aromatic carbocycles. The van der Waals surface area contributed by atoms with Gasteiger partial charge in [0, 0.05) is 23.5 Å². The molecular weight excluding hydrogens is 468 g/mol. The normalized spacial score (nSPS) is 16.4. The minimum atomic E-state index is 0.193. The topological polar surface area (TPSA) is 98.9 Å². The van der Waals surface area contributed by atoms with Gasteiger partial charge in [0.1, 0.15) is 17.9 Å². The molecule has 7 nitrogen and oxygen atoms in total. The van der Waals surface area contributed by atoms with Crippen LogP contribution in [-0.2, 0) is 0 Å². The van der Waals surface area contributed by atoms with Crippen LogP contribution in [0.25, 0.3) is 0 Å². The first kappa shape index (κ1) is 25.2. The summed E-state index contributed by atoms with van der Waals surface area (Å²) in [5.41, 5.74) is 11.0. The first-order valence-electron chi connectivity index (χ1n) is 11.9. The minimum Gasteiger partial charge on any atom is -0.508 e. The standard InChI is InChI=1S/C28H30N6OS/c1-3-20(2)25-6-4-5-7-26(25)34-16-17-36-28(34)33-32-18-21-8-10-22(11-9-21)27(29)31-19-30-23-12-14-24(35)15-13-23/h4-15,18-20,35H,3,16-17H2,1-2H3,(H2,29,30,31)/b32-18-,33-28+. The van der Waals surface area contributed by atoms with E-state index in [-0.39, 0.29) is 5.75 Å². The van der Waals surface area contributed by atoms with Gasteiger partial charge in [-0.2, -0.15) is 5.10 Å². The van der Waals surface area contributed by atoms with Crippen molar-refractivity contribution in [1.29, 1.82) is 0 Å². The van der Waals surface area contributed by atoms with Crippen LogP contribution < -0.4 is 10.6 Å². The third-order valence-electron chi connectivity index (χ3n) is 5.96. The van der Waals surface area contributed by atoms with E-state index in [4.69, 9.17) is 5.73 Å². The number of phenols is 1. The molecule has 3 aromatic rings. The number of hydrogen-bond acceptors (Lipinski definition) is 5. The number of amidine groups is 2. The fourth-order valence-corrected chi connectivity index (χ4v) is 4.64. The van der Waals surface area contributed by atoms with Crippen molar-refractivity contribution in [3.8, 4) is 5.75 Å². The fraction of sp³-hybridized carbons (Fsp3) is 0.214. The van der Waals surface area contributed by atoms with Gasteiger partial charge in [-0.3, -0.25) is 0 Å². The van der Waals surface area contributed by atoms with E-state index in [1.165, 1.54) is 17.6 Å². The van der Waals surface area contributed by atoms with Gasteiger partial charge in [0.15, 0.2) is 5.17 Å². The van der Waals surface area contributed by atoms with Crippen molar-refractivity contribution >= 4 is 46.7 Å². The van der Waals surface area contributed by atoms with Gasteiger partial charge in [-0.1, -0.05) is 68.1 Å². The van der Waals surface area contributed by atoms with E-state index in [9.17, 15) is 5.11 Å². The maximum atomic E-state index is 9.33. The predicted molar refractivity (Wildman–Crippen MR) is 153 cm³/mol. The predicted octanol–water partition coefficient (Wildman–Crippen LogP) is 5.91. The van der Waals surface area contributed by atoms with Crippen molar-refractivity contribution in [2.45, 2.75) is 26.2 Å². The van der Waals surface area contributed by atoms with Gasteiger partial charge >= 0.3 is 0 Å². The number of thioether (sulfide) groups is 1. The van der Waals surface area contributed by atoms with Crippen molar-refractivity contribution in [3.63, 3.8) is 0 Å². The van der Waals surface area contributed by atoms with Gasteiger partial charge in [-0.15, -0.1) is 5.10 Å². The summed E-state index contributed by atoms with van der Waals surface area (Å²) in [5.74, 6) is 2.04. The highest BCUT2D eigenvalue weighted by molar-refractivity contribution is 8.14. The van der Waals surface area contributed by atoms with Crippen molar-refractivity contribution in [1.82, 2.24) is 0 Å². The van der Waals surface area contributed by atoms with E-state index in [1.54, 1.807) is 42.2 Å². The van der Waals surface area contributed by atoms with E-state index in [2.05, 4.69) is 63.2 Å². The molecule has 0 amide bonds. The van der Waals surface area contributed by atoms with Gasteiger partial charge < -0.3 is 15.7 Å². The summed E-state index contributed by atoms with van der Waals surface area (Å²) in [6.45, 7) is 5.41. The number of benzene rings is 3. The molecule has 184 valence electrons. The van der Waals surface area contributed by atoms with Crippen molar-refractivity contribution in [3.05, 3.63) is 89.5 Å². The quantitative estimate of drug-likeness (QED) is 0.229. The van der Waals surface area contributed by atoms with E-state index >= 15 is 0 Å². The molecular formula is C28H30N6OS.